The normalized spacial score (nSPS) is 23.4. The van der Waals surface area contributed by atoms with Gasteiger partial charge in [-0.25, -0.2) is 4.79 Å². The van der Waals surface area contributed by atoms with Crippen LogP contribution in [0.1, 0.15) is 19.8 Å². The number of amides is 1. The number of rotatable bonds is 5. The minimum Gasteiger partial charge on any atom is -0.477 e. The van der Waals surface area contributed by atoms with Gasteiger partial charge in [0, 0.05) is 4.91 Å². The molecule has 1 amide bonds. The Morgan fingerprint density at radius 3 is 3.00 bits per heavy atom. The lowest BCUT2D eigenvalue weighted by atomic mass is 10.1. The second-order valence-corrected chi connectivity index (χ2v) is 6.23. The Balaban J connectivity index is 2.09. The minimum atomic E-state index is -0.973. The molecule has 6 heteroatoms. The van der Waals surface area contributed by atoms with Gasteiger partial charge in [0.2, 0.25) is 5.91 Å². The Morgan fingerprint density at radius 2 is 2.44 bits per heavy atom. The van der Waals surface area contributed by atoms with Gasteiger partial charge in [0.05, 0.1) is 11.8 Å². The Kier molecular flexibility index (Phi) is 3.49. The molecule has 1 N–H and O–H groups in total. The van der Waals surface area contributed by atoms with Crippen molar-refractivity contribution < 1.29 is 14.7 Å². The first-order valence-electron chi connectivity index (χ1n) is 5.18. The molecule has 0 bridgehead atoms. The molecule has 1 saturated heterocycles. The lowest BCUT2D eigenvalue weighted by Gasteiger charge is -2.33. The van der Waals surface area contributed by atoms with Crippen molar-refractivity contribution in [3.8, 4) is 0 Å². The highest BCUT2D eigenvalue weighted by Gasteiger charge is 2.47. The molecule has 2 aliphatic rings. The number of hydrogen-bond donors (Lipinski definition) is 1. The molecule has 0 unspecified atom stereocenters. The third-order valence-corrected chi connectivity index (χ3v) is 4.80. The summed E-state index contributed by atoms with van der Waals surface area (Å²) < 4.78 is 0. The zero-order chi connectivity index (χ0) is 11.7. The van der Waals surface area contributed by atoms with Crippen LogP contribution in [0.5, 0.6) is 0 Å². The van der Waals surface area contributed by atoms with Crippen LogP contribution in [0.2, 0.25) is 0 Å². The van der Waals surface area contributed by atoms with Crippen molar-refractivity contribution in [1.82, 2.24) is 4.90 Å². The van der Waals surface area contributed by atoms with E-state index < -0.39 is 5.97 Å². The van der Waals surface area contributed by atoms with E-state index in [0.29, 0.717) is 6.42 Å². The van der Waals surface area contributed by atoms with Crippen molar-refractivity contribution in [2.45, 2.75) is 25.1 Å². The van der Waals surface area contributed by atoms with Gasteiger partial charge in [0.1, 0.15) is 5.70 Å². The van der Waals surface area contributed by atoms with Crippen LogP contribution in [-0.4, -0.2) is 38.8 Å². The minimum absolute atomic E-state index is 0.0558. The Labute approximate surface area is 102 Å². The van der Waals surface area contributed by atoms with Gasteiger partial charge in [0.25, 0.3) is 0 Å². The number of allylic oxidation sites excluding steroid dienone is 1. The van der Waals surface area contributed by atoms with Crippen LogP contribution in [0.4, 0.5) is 0 Å². The van der Waals surface area contributed by atoms with Gasteiger partial charge < -0.3 is 5.11 Å². The molecule has 0 spiro atoms. The summed E-state index contributed by atoms with van der Waals surface area (Å²) >= 11 is 3.33. The number of carboxylic acids is 1. The number of hydrogen-bond acceptors (Lipinski definition) is 4. The van der Waals surface area contributed by atoms with Crippen LogP contribution >= 0.6 is 23.5 Å². The summed E-state index contributed by atoms with van der Waals surface area (Å²) in [6, 6.07) is 0. The summed E-state index contributed by atoms with van der Waals surface area (Å²) in [6.45, 7) is 2.08. The fraction of sp³-hybridized carbons (Fsp3) is 0.600. The van der Waals surface area contributed by atoms with E-state index >= 15 is 0 Å². The molecule has 0 radical (unpaired) electrons. The molecule has 0 aromatic carbocycles. The second kappa shape index (κ2) is 4.71. The second-order valence-electron chi connectivity index (χ2n) is 3.56. The summed E-state index contributed by atoms with van der Waals surface area (Å²) in [4.78, 5) is 24.7. The molecule has 1 fully saturated rings. The Morgan fingerprint density at radius 1 is 1.69 bits per heavy atom. The van der Waals surface area contributed by atoms with Crippen LogP contribution in [-0.2, 0) is 9.59 Å². The van der Waals surface area contributed by atoms with E-state index in [2.05, 4.69) is 6.92 Å². The topological polar surface area (TPSA) is 57.6 Å². The summed E-state index contributed by atoms with van der Waals surface area (Å²) in [5, 5.41) is 9.16. The van der Waals surface area contributed by atoms with Crippen molar-refractivity contribution in [2.75, 3.05) is 11.5 Å². The van der Waals surface area contributed by atoms with E-state index in [1.54, 1.807) is 23.5 Å². The smallest absolute Gasteiger partial charge is 0.353 e. The third-order valence-electron chi connectivity index (χ3n) is 2.57. The number of carbonyl (C=O) groups excluding carboxylic acids is 1. The third kappa shape index (κ3) is 1.96. The zero-order valence-corrected chi connectivity index (χ0v) is 10.6. The molecule has 4 nitrogen and oxygen atoms in total. The molecule has 0 saturated carbocycles. The number of nitrogens with zero attached hydrogens (tertiary/aromatic N) is 1. The summed E-state index contributed by atoms with van der Waals surface area (Å²) in [6.07, 6.45) is 1.23. The predicted molar refractivity (Wildman–Crippen MR) is 65.1 cm³/mol. The highest BCUT2D eigenvalue weighted by molar-refractivity contribution is 8.04. The average molecular weight is 259 g/mol. The standard InChI is InChI=1S/C10H13NO3S2/c1-2-15-4-3-6-9(10(13)14)11-7(12)5-8(11)16-6/h8H,2-5H2,1H3,(H,13,14)/t8-/m1/s1. The highest BCUT2D eigenvalue weighted by Crippen LogP contribution is 2.47. The van der Waals surface area contributed by atoms with Gasteiger partial charge in [0.15, 0.2) is 0 Å². The Hall–Kier alpha value is -0.620. The van der Waals surface area contributed by atoms with Gasteiger partial charge in [-0.05, 0) is 17.9 Å². The first-order chi connectivity index (χ1) is 7.65. The van der Waals surface area contributed by atoms with Gasteiger partial charge in [-0.3, -0.25) is 9.69 Å². The lowest BCUT2D eigenvalue weighted by Crippen LogP contribution is -2.48. The zero-order valence-electron chi connectivity index (χ0n) is 8.93. The summed E-state index contributed by atoms with van der Waals surface area (Å²) in [5.74, 6) is 0.921. The van der Waals surface area contributed by atoms with Crippen molar-refractivity contribution in [3.63, 3.8) is 0 Å². The number of thioether (sulfide) groups is 2. The molecule has 16 heavy (non-hydrogen) atoms. The van der Waals surface area contributed by atoms with E-state index in [-0.39, 0.29) is 17.0 Å². The number of β-lactam (4-membered cyclic amide) rings is 1. The molecule has 0 aliphatic carbocycles. The summed E-state index contributed by atoms with van der Waals surface area (Å²) in [5.41, 5.74) is 0.225. The summed E-state index contributed by atoms with van der Waals surface area (Å²) in [7, 11) is 0. The van der Waals surface area contributed by atoms with Gasteiger partial charge in [-0.2, -0.15) is 11.8 Å². The molecule has 2 heterocycles. The van der Waals surface area contributed by atoms with Crippen molar-refractivity contribution in [1.29, 1.82) is 0 Å². The lowest BCUT2D eigenvalue weighted by molar-refractivity contribution is -0.145. The van der Waals surface area contributed by atoms with Gasteiger partial charge in [-0.1, -0.05) is 6.92 Å². The number of carboxylic acid groups (broad SMARTS) is 1. The maximum absolute atomic E-state index is 11.3. The predicted octanol–water partition coefficient (Wildman–Crippen LogP) is 1.73. The molecular formula is C10H13NO3S2. The van der Waals surface area contributed by atoms with Crippen LogP contribution in [0.15, 0.2) is 10.6 Å². The molecule has 88 valence electrons. The van der Waals surface area contributed by atoms with Gasteiger partial charge in [-0.15, -0.1) is 11.8 Å². The van der Waals surface area contributed by atoms with E-state index in [1.165, 1.54) is 4.90 Å². The first kappa shape index (κ1) is 11.9. The van der Waals surface area contributed by atoms with E-state index in [1.807, 2.05) is 0 Å². The fourth-order valence-corrected chi connectivity index (χ4v) is 3.98. The van der Waals surface area contributed by atoms with E-state index in [0.717, 1.165) is 22.8 Å². The molecule has 2 aliphatic heterocycles. The van der Waals surface area contributed by atoms with E-state index in [9.17, 15) is 9.59 Å². The first-order valence-corrected chi connectivity index (χ1v) is 7.21. The SMILES string of the molecule is CCSCCC1=C(C(=O)O)N2C(=O)C[C@H]2S1. The monoisotopic (exact) mass is 259 g/mol. The molecular weight excluding hydrogens is 246 g/mol. The quantitative estimate of drug-likeness (QED) is 0.602. The van der Waals surface area contributed by atoms with E-state index in [4.69, 9.17) is 5.11 Å². The molecule has 0 aromatic heterocycles. The largest absolute Gasteiger partial charge is 0.477 e. The maximum atomic E-state index is 11.3. The number of fused-ring (bicyclic) bond motifs is 1. The number of aliphatic carboxylic acids is 1. The van der Waals surface area contributed by atoms with Gasteiger partial charge >= 0.3 is 5.97 Å². The highest BCUT2D eigenvalue weighted by atomic mass is 32.2. The number of carbonyl (C=O) groups is 2. The van der Waals surface area contributed by atoms with Crippen molar-refractivity contribution in [2.24, 2.45) is 0 Å². The van der Waals surface area contributed by atoms with Crippen LogP contribution < -0.4 is 0 Å². The fourth-order valence-electron chi connectivity index (χ4n) is 1.81. The van der Waals surface area contributed by atoms with Crippen LogP contribution in [0, 0.1) is 0 Å². The van der Waals surface area contributed by atoms with Crippen LogP contribution in [0.3, 0.4) is 0 Å². The Bertz CT molecular complexity index is 367. The molecule has 1 atom stereocenters. The van der Waals surface area contributed by atoms with Crippen LogP contribution in [0.25, 0.3) is 0 Å². The van der Waals surface area contributed by atoms with Crippen molar-refractivity contribution in [3.05, 3.63) is 10.6 Å². The molecule has 2 rings (SSSR count). The maximum Gasteiger partial charge on any atom is 0.353 e. The van der Waals surface area contributed by atoms with Crippen molar-refractivity contribution >= 4 is 35.4 Å². The molecule has 0 aromatic rings. The average Bonchev–Trinajstić information content (AvgIpc) is 2.52.